The second-order valence-electron chi connectivity index (χ2n) is 8.30. The molecule has 0 atom stereocenters. The van der Waals surface area contributed by atoms with Crippen LogP contribution in [0.15, 0.2) is 97.1 Å². The van der Waals surface area contributed by atoms with Gasteiger partial charge in [-0.25, -0.2) is 0 Å². The minimum Gasteiger partial charge on any atom is -0.0619 e. The van der Waals surface area contributed by atoms with Crippen molar-refractivity contribution in [3.8, 4) is 0 Å². The summed E-state index contributed by atoms with van der Waals surface area (Å²) in [7, 11) is -1.42. The Morgan fingerprint density at radius 1 is 0.406 bits per heavy atom. The molecular formula is C30H34OP+. The summed E-state index contributed by atoms with van der Waals surface area (Å²) in [5, 5.41) is 1.77. The van der Waals surface area contributed by atoms with E-state index in [0.29, 0.717) is 0 Å². The molecule has 4 rings (SSSR count). The van der Waals surface area contributed by atoms with Crippen molar-refractivity contribution in [3.63, 3.8) is 0 Å². The third-order valence-electron chi connectivity index (χ3n) is 4.71. The van der Waals surface area contributed by atoms with Crippen LogP contribution in [0.4, 0.5) is 0 Å². The Kier molecular flexibility index (Phi) is 10.1. The molecular weight excluding hydrogens is 407 g/mol. The zero-order valence-electron chi connectivity index (χ0n) is 20.1. The first-order valence-corrected chi connectivity index (χ1v) is 12.2. The molecule has 0 heterocycles. The Labute approximate surface area is 195 Å². The Balaban J connectivity index is 0.000000178. The van der Waals surface area contributed by atoms with E-state index in [9.17, 15) is 4.57 Å². The highest BCUT2D eigenvalue weighted by Crippen LogP contribution is 2.18. The van der Waals surface area contributed by atoms with Gasteiger partial charge >= 0.3 is 7.80 Å². The minimum atomic E-state index is -1.42. The lowest BCUT2D eigenvalue weighted by Gasteiger charge is -1.96. The van der Waals surface area contributed by atoms with Gasteiger partial charge in [0.05, 0.1) is 0 Å². The Morgan fingerprint density at radius 3 is 0.844 bits per heavy atom. The molecule has 0 saturated carbocycles. The fourth-order valence-corrected chi connectivity index (χ4v) is 4.86. The first-order chi connectivity index (χ1) is 15.2. The molecule has 4 aromatic rings. The SMILES string of the molecule is Cc1cc(C)cc(C)c1.Cc1cc(C)cc(C)c1.O=[P+](c1ccccc1)c1ccccc1. The normalized spacial score (nSPS) is 9.69. The van der Waals surface area contributed by atoms with Crippen LogP contribution in [0.1, 0.15) is 33.4 Å². The van der Waals surface area contributed by atoms with Crippen LogP contribution in [0.2, 0.25) is 0 Å². The molecule has 32 heavy (non-hydrogen) atoms. The molecule has 0 unspecified atom stereocenters. The third kappa shape index (κ3) is 9.00. The van der Waals surface area contributed by atoms with Crippen molar-refractivity contribution in [1.29, 1.82) is 0 Å². The van der Waals surface area contributed by atoms with Crippen LogP contribution in [0, 0.1) is 41.5 Å². The molecule has 2 heteroatoms. The molecule has 0 amide bonds. The van der Waals surface area contributed by atoms with Crippen LogP contribution in [0.25, 0.3) is 0 Å². The topological polar surface area (TPSA) is 17.1 Å². The number of hydrogen-bond acceptors (Lipinski definition) is 1. The largest absolute Gasteiger partial charge is 0.415 e. The number of benzene rings is 4. The van der Waals surface area contributed by atoms with Crippen molar-refractivity contribution < 1.29 is 4.57 Å². The fourth-order valence-electron chi connectivity index (χ4n) is 3.68. The summed E-state index contributed by atoms with van der Waals surface area (Å²) in [6.45, 7) is 12.8. The van der Waals surface area contributed by atoms with Gasteiger partial charge in [-0.15, -0.1) is 0 Å². The Hall–Kier alpha value is -3.02. The molecule has 0 aliphatic heterocycles. The first kappa shape index (κ1) is 25.2. The standard InChI is InChI=1S/C12H10OP.2C9H12/c13-14(11-7-3-1-4-8-11)12-9-5-2-6-10-12;2*1-7-4-8(2)6-9(3)5-7/h1-10H;2*4-6H,1-3H3/q+1;;. The second kappa shape index (κ2) is 12.7. The summed E-state index contributed by atoms with van der Waals surface area (Å²) >= 11 is 0. The molecule has 0 spiro atoms. The molecule has 0 aromatic heterocycles. The molecule has 0 saturated heterocycles. The van der Waals surface area contributed by atoms with Gasteiger partial charge in [0, 0.05) is 0 Å². The monoisotopic (exact) mass is 441 g/mol. The van der Waals surface area contributed by atoms with E-state index in [-0.39, 0.29) is 0 Å². The van der Waals surface area contributed by atoms with Gasteiger partial charge in [-0.1, -0.05) is 111 Å². The highest BCUT2D eigenvalue weighted by atomic mass is 31.1. The third-order valence-corrected chi connectivity index (χ3v) is 6.25. The van der Waals surface area contributed by atoms with Gasteiger partial charge < -0.3 is 0 Å². The molecule has 0 aliphatic carbocycles. The van der Waals surface area contributed by atoms with E-state index in [1.54, 1.807) is 0 Å². The smallest absolute Gasteiger partial charge is 0.0619 e. The predicted octanol–water partition coefficient (Wildman–Crippen LogP) is 7.69. The highest BCUT2D eigenvalue weighted by Gasteiger charge is 2.21. The van der Waals surface area contributed by atoms with Gasteiger partial charge in [0.2, 0.25) is 0 Å². The summed E-state index contributed by atoms with van der Waals surface area (Å²) in [4.78, 5) is 0. The van der Waals surface area contributed by atoms with Crippen LogP contribution >= 0.6 is 7.80 Å². The van der Waals surface area contributed by atoms with Crippen molar-refractivity contribution in [2.45, 2.75) is 41.5 Å². The lowest BCUT2D eigenvalue weighted by Crippen LogP contribution is -2.04. The number of rotatable bonds is 2. The zero-order chi connectivity index (χ0) is 23.5. The Bertz CT molecular complexity index is 940. The first-order valence-electron chi connectivity index (χ1n) is 10.9. The quantitative estimate of drug-likeness (QED) is 0.291. The van der Waals surface area contributed by atoms with Crippen molar-refractivity contribution in [2.75, 3.05) is 0 Å². The molecule has 0 radical (unpaired) electrons. The van der Waals surface area contributed by atoms with Gasteiger partial charge in [-0.2, -0.15) is 0 Å². The molecule has 0 bridgehead atoms. The average Bonchev–Trinajstić information content (AvgIpc) is 2.73. The molecule has 0 fully saturated rings. The van der Waals surface area contributed by atoms with Crippen LogP contribution in [0.3, 0.4) is 0 Å². The van der Waals surface area contributed by atoms with Crippen LogP contribution < -0.4 is 10.6 Å². The van der Waals surface area contributed by atoms with E-state index < -0.39 is 7.80 Å². The van der Waals surface area contributed by atoms with Crippen molar-refractivity contribution in [2.24, 2.45) is 0 Å². The minimum absolute atomic E-state index is 0.883. The zero-order valence-corrected chi connectivity index (χ0v) is 21.0. The van der Waals surface area contributed by atoms with Gasteiger partial charge in [0.15, 0.2) is 10.6 Å². The summed E-state index contributed by atoms with van der Waals surface area (Å²) in [6.07, 6.45) is 0. The Morgan fingerprint density at radius 2 is 0.625 bits per heavy atom. The van der Waals surface area contributed by atoms with E-state index in [1.165, 1.54) is 33.4 Å². The highest BCUT2D eigenvalue weighted by molar-refractivity contribution is 7.61. The van der Waals surface area contributed by atoms with E-state index >= 15 is 0 Å². The summed E-state index contributed by atoms with van der Waals surface area (Å²) < 4.78 is 12.0. The second-order valence-corrected chi connectivity index (χ2v) is 9.92. The fraction of sp³-hybridized carbons (Fsp3) is 0.200. The maximum atomic E-state index is 12.0. The van der Waals surface area contributed by atoms with E-state index in [2.05, 4.69) is 77.9 Å². The maximum absolute atomic E-state index is 12.0. The molecule has 0 aliphatic rings. The summed E-state index contributed by atoms with van der Waals surface area (Å²) in [6, 6.07) is 32.2. The van der Waals surface area contributed by atoms with E-state index in [0.717, 1.165) is 10.6 Å². The van der Waals surface area contributed by atoms with Gasteiger partial charge in [0.25, 0.3) is 0 Å². The molecule has 164 valence electrons. The average molecular weight is 442 g/mol. The van der Waals surface area contributed by atoms with E-state index in [1.807, 2.05) is 60.7 Å². The number of aryl methyl sites for hydroxylation is 6. The van der Waals surface area contributed by atoms with E-state index in [4.69, 9.17) is 0 Å². The van der Waals surface area contributed by atoms with Gasteiger partial charge in [-0.05, 0) is 65.8 Å². The maximum Gasteiger partial charge on any atom is 0.415 e. The van der Waals surface area contributed by atoms with Gasteiger partial charge in [0.1, 0.15) is 0 Å². The molecule has 4 aromatic carbocycles. The van der Waals surface area contributed by atoms with Crippen molar-refractivity contribution >= 4 is 18.4 Å². The molecule has 1 nitrogen and oxygen atoms in total. The van der Waals surface area contributed by atoms with Crippen LogP contribution in [0.5, 0.6) is 0 Å². The van der Waals surface area contributed by atoms with Gasteiger partial charge in [-0.3, -0.25) is 0 Å². The van der Waals surface area contributed by atoms with Crippen molar-refractivity contribution in [1.82, 2.24) is 0 Å². The lowest BCUT2D eigenvalue weighted by molar-refractivity contribution is 0.598. The van der Waals surface area contributed by atoms with Crippen molar-refractivity contribution in [3.05, 3.63) is 130 Å². The van der Waals surface area contributed by atoms with Crippen LogP contribution in [-0.2, 0) is 4.57 Å². The number of hydrogen-bond donors (Lipinski definition) is 0. The molecule has 0 N–H and O–H groups in total. The lowest BCUT2D eigenvalue weighted by atomic mass is 10.1. The summed E-state index contributed by atoms with van der Waals surface area (Å²) in [5.74, 6) is 0. The summed E-state index contributed by atoms with van der Waals surface area (Å²) in [5.41, 5.74) is 8.13. The van der Waals surface area contributed by atoms with Crippen LogP contribution in [-0.4, -0.2) is 0 Å². The predicted molar refractivity (Wildman–Crippen MR) is 141 cm³/mol.